The summed E-state index contributed by atoms with van der Waals surface area (Å²) >= 11 is 0. The zero-order chi connectivity index (χ0) is 12.0. The first kappa shape index (κ1) is 11.9. The van der Waals surface area contributed by atoms with Crippen LogP contribution in [0.25, 0.3) is 0 Å². The Morgan fingerprint density at radius 2 is 1.94 bits per heavy atom. The second kappa shape index (κ2) is 5.65. The Bertz CT molecular complexity index is 377. The Labute approximate surface area is 92.3 Å². The number of carboxylic acids is 1. The minimum absolute atomic E-state index is 0.0973. The zero-order valence-electron chi connectivity index (χ0n) is 8.45. The predicted octanol–water partition coefficient (Wildman–Crippen LogP) is 0.297. The van der Waals surface area contributed by atoms with Crippen LogP contribution >= 0.6 is 0 Å². The molecule has 16 heavy (non-hydrogen) atoms. The van der Waals surface area contributed by atoms with E-state index in [0.717, 1.165) is 10.5 Å². The second-order valence-corrected chi connectivity index (χ2v) is 3.18. The normalized spacial score (nSPS) is 11.5. The van der Waals surface area contributed by atoms with Crippen molar-refractivity contribution in [3.63, 3.8) is 0 Å². The van der Waals surface area contributed by atoms with Crippen molar-refractivity contribution in [3.05, 3.63) is 35.9 Å². The van der Waals surface area contributed by atoms with Crippen LogP contribution < -0.4 is 0 Å². The van der Waals surface area contributed by atoms with E-state index in [1.165, 1.54) is 0 Å². The van der Waals surface area contributed by atoms with E-state index in [-0.39, 0.29) is 12.8 Å². The summed E-state index contributed by atoms with van der Waals surface area (Å²) in [6.07, 6.45) is 0.597. The molecule has 1 amide bonds. The Hall–Kier alpha value is -2.17. The highest BCUT2D eigenvalue weighted by Gasteiger charge is 2.23. The van der Waals surface area contributed by atoms with Gasteiger partial charge >= 0.3 is 5.97 Å². The molecule has 1 rings (SSSR count). The molecule has 5 nitrogen and oxygen atoms in total. The van der Waals surface area contributed by atoms with Crippen LogP contribution in [-0.4, -0.2) is 34.7 Å². The van der Waals surface area contributed by atoms with E-state index in [1.54, 1.807) is 24.3 Å². The summed E-state index contributed by atoms with van der Waals surface area (Å²) in [5.74, 6) is -1.34. The van der Waals surface area contributed by atoms with Gasteiger partial charge in [-0.1, -0.05) is 30.3 Å². The van der Waals surface area contributed by atoms with Crippen LogP contribution in [0.4, 0.5) is 0 Å². The fourth-order valence-electron chi connectivity index (χ4n) is 1.27. The average Bonchev–Trinajstić information content (AvgIpc) is 2.29. The number of carbonyl (C=O) groups excluding carboxylic acids is 2. The van der Waals surface area contributed by atoms with Crippen molar-refractivity contribution in [2.24, 2.45) is 0 Å². The highest BCUT2D eigenvalue weighted by atomic mass is 16.4. The van der Waals surface area contributed by atoms with Crippen molar-refractivity contribution in [3.8, 4) is 0 Å². The van der Waals surface area contributed by atoms with E-state index < -0.39 is 12.0 Å². The maximum Gasteiger partial charge on any atom is 0.333 e. The van der Waals surface area contributed by atoms with Gasteiger partial charge in [0.15, 0.2) is 12.3 Å². The number of carboxylic acid groups (broad SMARTS) is 1. The van der Waals surface area contributed by atoms with Crippen molar-refractivity contribution < 1.29 is 19.5 Å². The number of hydrogen-bond acceptors (Lipinski definition) is 3. The lowest BCUT2D eigenvalue weighted by atomic mass is 10.2. The number of aldehydes is 1. The fourth-order valence-corrected chi connectivity index (χ4v) is 1.27. The lowest BCUT2D eigenvalue weighted by Gasteiger charge is -2.20. The molecule has 1 N–H and O–H groups in total. The van der Waals surface area contributed by atoms with Crippen LogP contribution in [0.2, 0.25) is 0 Å². The molecular weight excluding hydrogens is 210 g/mol. The summed E-state index contributed by atoms with van der Waals surface area (Å²) in [6.45, 7) is 0.0973. The lowest BCUT2D eigenvalue weighted by Crippen LogP contribution is -2.41. The van der Waals surface area contributed by atoms with Crippen molar-refractivity contribution in [2.75, 3.05) is 0 Å². The molecule has 0 aliphatic rings. The quantitative estimate of drug-likeness (QED) is 0.553. The Balaban J connectivity index is 2.79. The Morgan fingerprint density at radius 1 is 1.31 bits per heavy atom. The van der Waals surface area contributed by atoms with Crippen LogP contribution in [0.1, 0.15) is 5.56 Å². The monoisotopic (exact) mass is 221 g/mol. The minimum atomic E-state index is -1.43. The lowest BCUT2D eigenvalue weighted by molar-refractivity contribution is -0.148. The van der Waals surface area contributed by atoms with Crippen molar-refractivity contribution in [1.82, 2.24) is 4.90 Å². The van der Waals surface area contributed by atoms with Crippen LogP contribution in [0, 0.1) is 0 Å². The Morgan fingerprint density at radius 3 is 2.38 bits per heavy atom. The van der Waals surface area contributed by atoms with Gasteiger partial charge in [-0.2, -0.15) is 0 Å². The van der Waals surface area contributed by atoms with Crippen LogP contribution in [-0.2, 0) is 20.9 Å². The number of amides is 1. The predicted molar refractivity (Wildman–Crippen MR) is 55.5 cm³/mol. The van der Waals surface area contributed by atoms with Gasteiger partial charge in [0.25, 0.3) is 0 Å². The summed E-state index contributed by atoms with van der Waals surface area (Å²) in [5, 5.41) is 8.72. The van der Waals surface area contributed by atoms with Gasteiger partial charge in [-0.3, -0.25) is 4.79 Å². The maximum atomic E-state index is 10.7. The molecule has 0 fully saturated rings. The summed E-state index contributed by atoms with van der Waals surface area (Å²) in [7, 11) is 0. The molecule has 0 heterocycles. The summed E-state index contributed by atoms with van der Waals surface area (Å²) < 4.78 is 0. The highest BCUT2D eigenvalue weighted by Crippen LogP contribution is 2.05. The van der Waals surface area contributed by atoms with Crippen LogP contribution in [0.5, 0.6) is 0 Å². The summed E-state index contributed by atoms with van der Waals surface area (Å²) in [5.41, 5.74) is 0.766. The summed E-state index contributed by atoms with van der Waals surface area (Å²) in [6, 6.07) is 7.42. The molecule has 0 aromatic heterocycles. The van der Waals surface area contributed by atoms with Crippen molar-refractivity contribution >= 4 is 18.7 Å². The topological polar surface area (TPSA) is 74.7 Å². The van der Waals surface area contributed by atoms with E-state index in [1.807, 2.05) is 6.07 Å². The largest absolute Gasteiger partial charge is 0.479 e. The highest BCUT2D eigenvalue weighted by molar-refractivity contribution is 5.92. The number of hydrogen-bond donors (Lipinski definition) is 1. The molecule has 0 saturated carbocycles. The van der Waals surface area contributed by atoms with Gasteiger partial charge in [-0.05, 0) is 5.56 Å². The van der Waals surface area contributed by atoms with Gasteiger partial charge in [-0.25, -0.2) is 4.79 Å². The van der Waals surface area contributed by atoms with E-state index >= 15 is 0 Å². The molecule has 5 heteroatoms. The van der Waals surface area contributed by atoms with E-state index in [4.69, 9.17) is 5.11 Å². The number of rotatable bonds is 6. The number of carbonyl (C=O) groups is 3. The molecule has 0 spiro atoms. The first-order chi connectivity index (χ1) is 7.69. The molecule has 0 saturated heterocycles. The molecule has 0 radical (unpaired) electrons. The van der Waals surface area contributed by atoms with Gasteiger partial charge < -0.3 is 14.8 Å². The van der Waals surface area contributed by atoms with Crippen LogP contribution in [0.15, 0.2) is 30.3 Å². The van der Waals surface area contributed by atoms with Gasteiger partial charge in [0, 0.05) is 6.54 Å². The van der Waals surface area contributed by atoms with Crippen LogP contribution in [0.3, 0.4) is 0 Å². The van der Waals surface area contributed by atoms with Crippen molar-refractivity contribution in [1.29, 1.82) is 0 Å². The molecule has 1 atom stereocenters. The second-order valence-electron chi connectivity index (χ2n) is 3.18. The number of aliphatic carboxylic acids is 1. The first-order valence-electron chi connectivity index (χ1n) is 4.62. The molecule has 84 valence electrons. The van der Waals surface area contributed by atoms with Gasteiger partial charge in [0.05, 0.1) is 0 Å². The van der Waals surface area contributed by atoms with E-state index in [9.17, 15) is 14.4 Å². The molecule has 0 aliphatic carbocycles. The Kier molecular flexibility index (Phi) is 4.20. The standard InChI is InChI=1S/C11H11NO4/c13-7-10(11(15)16)12(8-14)6-9-4-2-1-3-5-9/h1-5,7-8,10H,6H2,(H,15,16). The first-order valence-corrected chi connectivity index (χ1v) is 4.62. The maximum absolute atomic E-state index is 10.7. The van der Waals surface area contributed by atoms with Gasteiger partial charge in [0.1, 0.15) is 0 Å². The molecule has 0 bridgehead atoms. The number of benzene rings is 1. The van der Waals surface area contributed by atoms with E-state index in [0.29, 0.717) is 6.41 Å². The SMILES string of the molecule is O=CC(C(=O)O)N(C=O)Cc1ccccc1. The molecule has 0 aliphatic heterocycles. The zero-order valence-corrected chi connectivity index (χ0v) is 8.45. The van der Waals surface area contributed by atoms with Crippen molar-refractivity contribution in [2.45, 2.75) is 12.6 Å². The summed E-state index contributed by atoms with van der Waals surface area (Å²) in [4.78, 5) is 32.9. The fraction of sp³-hybridized carbons (Fsp3) is 0.182. The third kappa shape index (κ3) is 2.91. The minimum Gasteiger partial charge on any atom is -0.479 e. The molecular formula is C11H11NO4. The molecule has 1 unspecified atom stereocenters. The van der Waals surface area contributed by atoms with E-state index in [2.05, 4.69) is 0 Å². The third-order valence-corrected chi connectivity index (χ3v) is 2.08. The molecule has 1 aromatic rings. The average molecular weight is 221 g/mol. The van der Waals surface area contributed by atoms with Gasteiger partial charge in [-0.15, -0.1) is 0 Å². The van der Waals surface area contributed by atoms with Gasteiger partial charge in [0.2, 0.25) is 6.41 Å². The smallest absolute Gasteiger partial charge is 0.333 e. The number of nitrogens with zero attached hydrogens (tertiary/aromatic N) is 1. The molecule has 1 aromatic carbocycles. The third-order valence-electron chi connectivity index (χ3n) is 2.08.